The van der Waals surface area contributed by atoms with Crippen molar-refractivity contribution in [3.05, 3.63) is 59.3 Å². The number of ketones is 1. The van der Waals surface area contributed by atoms with Crippen LogP contribution in [0.5, 0.6) is 5.75 Å². The molecule has 36 heavy (non-hydrogen) atoms. The average Bonchev–Trinajstić information content (AvgIpc) is 3.11. The summed E-state index contributed by atoms with van der Waals surface area (Å²) in [5.41, 5.74) is 2.44. The summed E-state index contributed by atoms with van der Waals surface area (Å²) >= 11 is 0. The summed E-state index contributed by atoms with van der Waals surface area (Å²) in [6, 6.07) is 7.36. The lowest BCUT2D eigenvalue weighted by Crippen LogP contribution is -2.44. The molecular formula is C27H31F2N3O4. The molecule has 0 saturated carbocycles. The maximum absolute atomic E-state index is 13.6. The van der Waals surface area contributed by atoms with Crippen molar-refractivity contribution in [3.8, 4) is 5.75 Å². The summed E-state index contributed by atoms with van der Waals surface area (Å²) in [7, 11) is 1.57. The zero-order valence-electron chi connectivity index (χ0n) is 20.7. The fourth-order valence-corrected chi connectivity index (χ4v) is 4.15. The third-order valence-corrected chi connectivity index (χ3v) is 5.97. The molecule has 9 heteroatoms. The summed E-state index contributed by atoms with van der Waals surface area (Å²) in [5, 5.41) is 6.12. The second-order valence-electron chi connectivity index (χ2n) is 8.89. The number of aromatic nitrogens is 1. The van der Waals surface area contributed by atoms with Crippen LogP contribution in [0, 0.1) is 18.6 Å². The van der Waals surface area contributed by atoms with Gasteiger partial charge in [-0.15, -0.1) is 0 Å². The largest absolute Gasteiger partial charge is 0.497 e. The zero-order chi connectivity index (χ0) is 26.2. The molecule has 2 amide bonds. The lowest BCUT2D eigenvalue weighted by Gasteiger charge is -2.19. The molecule has 0 radical (unpaired) electrons. The van der Waals surface area contributed by atoms with Gasteiger partial charge >= 0.3 is 0 Å². The zero-order valence-corrected chi connectivity index (χ0v) is 20.7. The predicted octanol–water partition coefficient (Wildman–Crippen LogP) is 4.97. The lowest BCUT2D eigenvalue weighted by atomic mass is 10.0. The van der Waals surface area contributed by atoms with E-state index in [1.807, 2.05) is 25.1 Å². The highest BCUT2D eigenvalue weighted by atomic mass is 19.1. The number of carbonyl (C=O) groups excluding carboxylic acids is 3. The van der Waals surface area contributed by atoms with Crippen LogP contribution in [0.3, 0.4) is 0 Å². The Bertz CT molecular complexity index is 1240. The van der Waals surface area contributed by atoms with Crippen LogP contribution in [0.2, 0.25) is 0 Å². The van der Waals surface area contributed by atoms with Gasteiger partial charge in [0.2, 0.25) is 11.8 Å². The standard InChI is InChI=1S/C27H31F2N3O4/c1-16(33)7-5-4-6-8-25(27(35)31-20-12-18(28)11-19(29)13-20)32-26(34)15-22-17(2)30-24-10-9-21(36-3)14-23(22)24/h9-14,25,30H,4-8,15H2,1-3H3,(H,31,35)(H,32,34)/t25-/m0/s1. The molecule has 0 aliphatic heterocycles. The van der Waals surface area contributed by atoms with Crippen molar-refractivity contribution in [1.29, 1.82) is 0 Å². The molecule has 7 nitrogen and oxygen atoms in total. The molecule has 1 heterocycles. The molecule has 0 saturated heterocycles. The maximum Gasteiger partial charge on any atom is 0.246 e. The van der Waals surface area contributed by atoms with E-state index < -0.39 is 23.6 Å². The molecule has 0 fully saturated rings. The van der Waals surface area contributed by atoms with Gasteiger partial charge < -0.3 is 25.1 Å². The maximum atomic E-state index is 13.6. The van der Waals surface area contributed by atoms with Crippen molar-refractivity contribution in [3.63, 3.8) is 0 Å². The number of H-pyrrole nitrogens is 1. The minimum Gasteiger partial charge on any atom is -0.497 e. The number of methoxy groups -OCH3 is 1. The van der Waals surface area contributed by atoms with Gasteiger partial charge in [0, 0.05) is 34.8 Å². The summed E-state index contributed by atoms with van der Waals surface area (Å²) in [5.74, 6) is -1.82. The SMILES string of the molecule is COc1ccc2[nH]c(C)c(CC(=O)N[C@@H](CCCCCC(C)=O)C(=O)Nc3cc(F)cc(F)c3)c2c1. The van der Waals surface area contributed by atoms with Crippen LogP contribution in [0.4, 0.5) is 14.5 Å². The van der Waals surface area contributed by atoms with Gasteiger partial charge in [0.05, 0.1) is 13.5 Å². The minimum absolute atomic E-state index is 0.0295. The Morgan fingerprint density at radius 2 is 1.75 bits per heavy atom. The Morgan fingerprint density at radius 3 is 2.42 bits per heavy atom. The smallest absolute Gasteiger partial charge is 0.246 e. The molecule has 0 unspecified atom stereocenters. The van der Waals surface area contributed by atoms with E-state index in [1.165, 1.54) is 6.92 Å². The Labute approximate surface area is 208 Å². The van der Waals surface area contributed by atoms with E-state index in [0.717, 1.165) is 34.3 Å². The molecule has 0 aliphatic carbocycles. The number of unbranched alkanes of at least 4 members (excludes halogenated alkanes) is 2. The first-order valence-corrected chi connectivity index (χ1v) is 11.9. The highest BCUT2D eigenvalue weighted by Gasteiger charge is 2.22. The van der Waals surface area contributed by atoms with E-state index in [1.54, 1.807) is 7.11 Å². The topological polar surface area (TPSA) is 100 Å². The summed E-state index contributed by atoms with van der Waals surface area (Å²) in [4.78, 5) is 40.4. The normalized spacial score (nSPS) is 11.8. The van der Waals surface area contributed by atoms with Crippen LogP contribution in [0.15, 0.2) is 36.4 Å². The average molecular weight is 500 g/mol. The van der Waals surface area contributed by atoms with Crippen LogP contribution in [-0.4, -0.2) is 35.7 Å². The van der Waals surface area contributed by atoms with Gasteiger partial charge in [-0.3, -0.25) is 9.59 Å². The molecule has 3 N–H and O–H groups in total. The monoisotopic (exact) mass is 499 g/mol. The number of carbonyl (C=O) groups is 3. The van der Waals surface area contributed by atoms with Crippen LogP contribution in [-0.2, 0) is 20.8 Å². The molecule has 2 aromatic carbocycles. The summed E-state index contributed by atoms with van der Waals surface area (Å²) in [6.45, 7) is 3.39. The number of aromatic amines is 1. The molecule has 0 spiro atoms. The third kappa shape index (κ3) is 7.37. The van der Waals surface area contributed by atoms with Crippen LogP contribution in [0.25, 0.3) is 10.9 Å². The number of fused-ring (bicyclic) bond motifs is 1. The molecule has 192 valence electrons. The second-order valence-corrected chi connectivity index (χ2v) is 8.89. The van der Waals surface area contributed by atoms with Gasteiger partial charge in [0.15, 0.2) is 0 Å². The lowest BCUT2D eigenvalue weighted by molar-refractivity contribution is -0.126. The fraction of sp³-hybridized carbons (Fsp3) is 0.370. The van der Waals surface area contributed by atoms with E-state index in [2.05, 4.69) is 15.6 Å². The first kappa shape index (κ1) is 26.8. The van der Waals surface area contributed by atoms with Gasteiger partial charge in [-0.2, -0.15) is 0 Å². The summed E-state index contributed by atoms with van der Waals surface area (Å²) in [6.07, 6.45) is 2.77. The number of nitrogens with one attached hydrogen (secondary N) is 3. The van der Waals surface area contributed by atoms with Crippen molar-refractivity contribution >= 4 is 34.2 Å². The quantitative estimate of drug-likeness (QED) is 0.306. The molecule has 1 atom stereocenters. The molecular weight excluding hydrogens is 468 g/mol. The highest BCUT2D eigenvalue weighted by Crippen LogP contribution is 2.27. The van der Waals surface area contributed by atoms with Crippen molar-refractivity contribution in [2.24, 2.45) is 0 Å². The molecule has 3 rings (SSSR count). The molecule has 0 bridgehead atoms. The van der Waals surface area contributed by atoms with Crippen LogP contribution in [0.1, 0.15) is 50.3 Å². The van der Waals surface area contributed by atoms with Gasteiger partial charge in [-0.1, -0.05) is 12.8 Å². The van der Waals surface area contributed by atoms with E-state index in [-0.39, 0.29) is 23.8 Å². The van der Waals surface area contributed by atoms with Crippen molar-refractivity contribution < 1.29 is 27.9 Å². The number of benzene rings is 2. The number of hydrogen-bond acceptors (Lipinski definition) is 4. The summed E-state index contributed by atoms with van der Waals surface area (Å²) < 4.78 is 32.4. The number of rotatable bonds is 12. The van der Waals surface area contributed by atoms with Crippen molar-refractivity contribution in [2.75, 3.05) is 12.4 Å². The molecule has 0 aliphatic rings. The molecule has 1 aromatic heterocycles. The third-order valence-electron chi connectivity index (χ3n) is 5.97. The van der Waals surface area contributed by atoms with Crippen molar-refractivity contribution in [1.82, 2.24) is 10.3 Å². The fourth-order valence-electron chi connectivity index (χ4n) is 4.15. The van der Waals surface area contributed by atoms with E-state index in [9.17, 15) is 23.2 Å². The highest BCUT2D eigenvalue weighted by molar-refractivity contribution is 5.98. The van der Waals surface area contributed by atoms with Crippen LogP contribution < -0.4 is 15.4 Å². The van der Waals surface area contributed by atoms with Crippen LogP contribution >= 0.6 is 0 Å². The number of amides is 2. The van der Waals surface area contributed by atoms with Gasteiger partial charge in [-0.05, 0) is 62.6 Å². The number of ether oxygens (including phenoxy) is 1. The first-order valence-electron chi connectivity index (χ1n) is 11.9. The Morgan fingerprint density at radius 1 is 1.03 bits per heavy atom. The number of aryl methyl sites for hydroxylation is 1. The number of anilines is 1. The van der Waals surface area contributed by atoms with E-state index in [4.69, 9.17) is 4.74 Å². The Balaban J connectivity index is 1.73. The number of hydrogen-bond donors (Lipinski definition) is 3. The Hall–Kier alpha value is -3.75. The van der Waals surface area contributed by atoms with E-state index in [0.29, 0.717) is 43.9 Å². The van der Waals surface area contributed by atoms with Gasteiger partial charge in [-0.25, -0.2) is 8.78 Å². The van der Waals surface area contributed by atoms with Crippen molar-refractivity contribution in [2.45, 2.75) is 58.4 Å². The first-order chi connectivity index (χ1) is 17.2. The Kier molecular flexibility index (Phi) is 9.16. The molecule has 3 aromatic rings. The van der Waals surface area contributed by atoms with Gasteiger partial charge in [0.1, 0.15) is 29.2 Å². The minimum atomic E-state index is -0.916. The van der Waals surface area contributed by atoms with E-state index >= 15 is 0 Å². The number of halogens is 2. The van der Waals surface area contributed by atoms with Gasteiger partial charge in [0.25, 0.3) is 0 Å². The predicted molar refractivity (Wildman–Crippen MR) is 134 cm³/mol. The number of Topliss-reactive ketones (excluding diaryl/α,β-unsaturated/α-hetero) is 1. The second kappa shape index (κ2) is 12.3.